The number of halogens is 1. The maximum atomic E-state index is 12.3. The van der Waals surface area contributed by atoms with Crippen LogP contribution in [0.2, 0.25) is 5.02 Å². The molecule has 0 bridgehead atoms. The topological polar surface area (TPSA) is 41.9 Å². The second-order valence-corrected chi connectivity index (χ2v) is 6.36. The molecule has 4 nitrogen and oxygen atoms in total. The molecule has 6 heteroatoms. The van der Waals surface area contributed by atoms with Crippen LogP contribution in [0.4, 0.5) is 0 Å². The van der Waals surface area contributed by atoms with Gasteiger partial charge >= 0.3 is 5.97 Å². The number of methoxy groups -OCH3 is 1. The second kappa shape index (κ2) is 5.82. The van der Waals surface area contributed by atoms with Crippen LogP contribution in [0.3, 0.4) is 0 Å². The fourth-order valence-electron chi connectivity index (χ4n) is 2.66. The Labute approximate surface area is 138 Å². The normalized spacial score (nSPS) is 20.5. The SMILES string of the molecule is COC(=O)C1=C(C)N=C2SC=C(C)N2[C@@H]1c1ccc(Cl)cc1. The van der Waals surface area contributed by atoms with Gasteiger partial charge in [0, 0.05) is 10.7 Å². The quantitative estimate of drug-likeness (QED) is 0.763. The Bertz CT molecular complexity index is 722. The smallest absolute Gasteiger partial charge is 0.338 e. The van der Waals surface area contributed by atoms with E-state index in [-0.39, 0.29) is 12.0 Å². The molecule has 2 aliphatic rings. The monoisotopic (exact) mass is 334 g/mol. The van der Waals surface area contributed by atoms with Crippen molar-refractivity contribution in [2.45, 2.75) is 19.9 Å². The second-order valence-electron chi connectivity index (χ2n) is 5.09. The minimum atomic E-state index is -0.357. The molecule has 1 aromatic carbocycles. The summed E-state index contributed by atoms with van der Waals surface area (Å²) in [5.74, 6) is -0.357. The molecular weight excluding hydrogens is 320 g/mol. The van der Waals surface area contributed by atoms with Gasteiger partial charge in [-0.15, -0.1) is 0 Å². The third-order valence-electron chi connectivity index (χ3n) is 3.70. The summed E-state index contributed by atoms with van der Waals surface area (Å²) in [6, 6.07) is 7.28. The average Bonchev–Trinajstić information content (AvgIpc) is 2.87. The van der Waals surface area contributed by atoms with Gasteiger partial charge in [-0.3, -0.25) is 0 Å². The minimum absolute atomic E-state index is 0.247. The van der Waals surface area contributed by atoms with Crippen LogP contribution in [0, 0.1) is 0 Å². The summed E-state index contributed by atoms with van der Waals surface area (Å²) < 4.78 is 4.97. The zero-order valence-electron chi connectivity index (χ0n) is 12.5. The number of esters is 1. The zero-order valence-corrected chi connectivity index (χ0v) is 14.0. The van der Waals surface area contributed by atoms with E-state index in [1.807, 2.05) is 43.5 Å². The van der Waals surface area contributed by atoms with Crippen molar-refractivity contribution in [3.63, 3.8) is 0 Å². The highest BCUT2D eigenvalue weighted by Gasteiger charge is 2.39. The van der Waals surface area contributed by atoms with E-state index in [4.69, 9.17) is 16.3 Å². The molecule has 0 aromatic heterocycles. The molecule has 0 aliphatic carbocycles. The molecule has 0 spiro atoms. The van der Waals surface area contributed by atoms with Gasteiger partial charge in [-0.1, -0.05) is 35.5 Å². The summed E-state index contributed by atoms with van der Waals surface area (Å²) in [6.45, 7) is 3.85. The van der Waals surface area contributed by atoms with Crippen LogP contribution in [0.15, 0.2) is 51.6 Å². The number of ether oxygens (including phenoxy) is 1. The van der Waals surface area contributed by atoms with Crippen molar-refractivity contribution >= 4 is 34.5 Å². The van der Waals surface area contributed by atoms with Crippen molar-refractivity contribution in [1.29, 1.82) is 0 Å². The van der Waals surface area contributed by atoms with Crippen LogP contribution in [0.1, 0.15) is 25.5 Å². The number of hydrogen-bond donors (Lipinski definition) is 0. The van der Waals surface area contributed by atoms with Crippen molar-refractivity contribution in [2.24, 2.45) is 4.99 Å². The van der Waals surface area contributed by atoms with Gasteiger partial charge < -0.3 is 9.64 Å². The zero-order chi connectivity index (χ0) is 15.9. The van der Waals surface area contributed by atoms with Gasteiger partial charge in [-0.2, -0.15) is 0 Å². The van der Waals surface area contributed by atoms with E-state index in [2.05, 4.69) is 9.89 Å². The summed E-state index contributed by atoms with van der Waals surface area (Å²) in [7, 11) is 1.39. The number of aliphatic imine (C=N–C) groups is 1. The molecule has 2 aliphatic heterocycles. The Balaban J connectivity index is 2.16. The van der Waals surface area contributed by atoms with E-state index in [9.17, 15) is 4.79 Å². The molecular formula is C16H15ClN2O2S. The predicted molar refractivity (Wildman–Crippen MR) is 89.5 cm³/mol. The summed E-state index contributed by atoms with van der Waals surface area (Å²) in [5, 5.41) is 3.58. The molecule has 1 aromatic rings. The molecule has 114 valence electrons. The number of nitrogens with zero attached hydrogens (tertiary/aromatic N) is 2. The predicted octanol–water partition coefficient (Wildman–Crippen LogP) is 4.11. The van der Waals surface area contributed by atoms with Gasteiger partial charge in [0.15, 0.2) is 5.17 Å². The van der Waals surface area contributed by atoms with Gasteiger partial charge in [0.25, 0.3) is 0 Å². The number of carbonyl (C=O) groups excluding carboxylic acids is 1. The first-order valence-corrected chi connectivity index (χ1v) is 8.04. The molecule has 0 N–H and O–H groups in total. The molecule has 0 saturated carbocycles. The number of fused-ring (bicyclic) bond motifs is 1. The van der Waals surface area contributed by atoms with E-state index in [1.165, 1.54) is 7.11 Å². The molecule has 0 amide bonds. The highest BCUT2D eigenvalue weighted by molar-refractivity contribution is 8.16. The summed E-state index contributed by atoms with van der Waals surface area (Å²) in [6.07, 6.45) is 0. The number of carbonyl (C=O) groups is 1. The number of amidine groups is 1. The molecule has 0 fully saturated rings. The van der Waals surface area contributed by atoms with E-state index >= 15 is 0 Å². The molecule has 0 unspecified atom stereocenters. The standard InChI is InChI=1S/C16H15ClN2O2S/c1-9-8-22-16-18-10(2)13(15(20)21-3)14(19(9)16)11-4-6-12(17)7-5-11/h4-8,14H,1-3H3/t14-/m1/s1. The van der Waals surface area contributed by atoms with Crippen LogP contribution in [-0.4, -0.2) is 23.1 Å². The lowest BCUT2D eigenvalue weighted by Gasteiger charge is -2.35. The van der Waals surface area contributed by atoms with Gasteiger partial charge in [-0.05, 0) is 37.0 Å². The third kappa shape index (κ3) is 2.44. The fraction of sp³-hybridized carbons (Fsp3) is 0.250. The maximum absolute atomic E-state index is 12.3. The summed E-state index contributed by atoms with van der Waals surface area (Å²) in [5.41, 5.74) is 3.28. The first-order valence-electron chi connectivity index (χ1n) is 6.79. The van der Waals surface area contributed by atoms with Crippen LogP contribution in [0.25, 0.3) is 0 Å². The minimum Gasteiger partial charge on any atom is -0.466 e. The Kier molecular flexibility index (Phi) is 4.02. The number of allylic oxidation sites excluding steroid dienone is 2. The van der Waals surface area contributed by atoms with Crippen LogP contribution in [0.5, 0.6) is 0 Å². The Morgan fingerprint density at radius 3 is 2.64 bits per heavy atom. The van der Waals surface area contributed by atoms with Crippen LogP contribution < -0.4 is 0 Å². The molecule has 2 heterocycles. The third-order valence-corrected chi connectivity index (χ3v) is 4.91. The maximum Gasteiger partial charge on any atom is 0.338 e. The average molecular weight is 335 g/mol. The van der Waals surface area contributed by atoms with E-state index in [0.29, 0.717) is 16.3 Å². The van der Waals surface area contributed by atoms with Crippen LogP contribution >= 0.6 is 23.4 Å². The van der Waals surface area contributed by atoms with E-state index < -0.39 is 0 Å². The lowest BCUT2D eigenvalue weighted by Crippen LogP contribution is -2.35. The Hall–Kier alpha value is -1.72. The van der Waals surface area contributed by atoms with Crippen molar-refractivity contribution in [1.82, 2.24) is 4.90 Å². The number of thioether (sulfide) groups is 1. The molecule has 0 radical (unpaired) electrons. The van der Waals surface area contributed by atoms with E-state index in [1.54, 1.807) is 11.8 Å². The number of rotatable bonds is 2. The summed E-state index contributed by atoms with van der Waals surface area (Å²) >= 11 is 7.55. The van der Waals surface area contributed by atoms with Crippen molar-refractivity contribution in [3.8, 4) is 0 Å². The van der Waals surface area contributed by atoms with E-state index in [0.717, 1.165) is 16.4 Å². The number of benzene rings is 1. The highest BCUT2D eigenvalue weighted by atomic mass is 35.5. The Morgan fingerprint density at radius 1 is 1.32 bits per heavy atom. The first kappa shape index (κ1) is 15.2. The fourth-order valence-corrected chi connectivity index (χ4v) is 3.73. The first-order chi connectivity index (χ1) is 10.5. The highest BCUT2D eigenvalue weighted by Crippen LogP contribution is 2.43. The van der Waals surface area contributed by atoms with Crippen molar-refractivity contribution in [2.75, 3.05) is 7.11 Å². The number of hydrogen-bond acceptors (Lipinski definition) is 5. The van der Waals surface area contributed by atoms with Crippen LogP contribution in [-0.2, 0) is 9.53 Å². The Morgan fingerprint density at radius 2 is 2.00 bits per heavy atom. The molecule has 0 saturated heterocycles. The molecule has 22 heavy (non-hydrogen) atoms. The van der Waals surface area contributed by atoms with Gasteiger partial charge in [0.05, 0.1) is 24.4 Å². The lowest BCUT2D eigenvalue weighted by molar-refractivity contribution is -0.136. The molecule has 3 rings (SSSR count). The van der Waals surface area contributed by atoms with Crippen molar-refractivity contribution in [3.05, 3.63) is 57.2 Å². The lowest BCUT2D eigenvalue weighted by atomic mass is 9.94. The van der Waals surface area contributed by atoms with Gasteiger partial charge in [0.1, 0.15) is 0 Å². The largest absolute Gasteiger partial charge is 0.466 e. The van der Waals surface area contributed by atoms with Gasteiger partial charge in [-0.25, -0.2) is 9.79 Å². The molecule has 1 atom stereocenters. The van der Waals surface area contributed by atoms with Crippen molar-refractivity contribution < 1.29 is 9.53 Å². The summed E-state index contributed by atoms with van der Waals surface area (Å²) in [4.78, 5) is 18.9. The van der Waals surface area contributed by atoms with Gasteiger partial charge in [0.2, 0.25) is 0 Å².